The zero-order valence-electron chi connectivity index (χ0n) is 9.68. The third kappa shape index (κ3) is 1.41. The van der Waals surface area contributed by atoms with E-state index in [1.165, 1.54) is 12.8 Å². The first-order chi connectivity index (χ1) is 6.91. The summed E-state index contributed by atoms with van der Waals surface area (Å²) in [6.45, 7) is 6.87. The largest absolute Gasteiger partial charge is 0.461 e. The van der Waals surface area contributed by atoms with Gasteiger partial charge in [-0.25, -0.2) is 0 Å². The van der Waals surface area contributed by atoms with Gasteiger partial charge in [-0.15, -0.1) is 11.6 Å². The van der Waals surface area contributed by atoms with Crippen LogP contribution in [0.25, 0.3) is 0 Å². The lowest BCUT2D eigenvalue weighted by Crippen LogP contribution is -2.38. The summed E-state index contributed by atoms with van der Waals surface area (Å²) in [4.78, 5) is 11.2. The summed E-state index contributed by atoms with van der Waals surface area (Å²) in [7, 11) is 0. The van der Waals surface area contributed by atoms with Crippen molar-refractivity contribution in [3.8, 4) is 0 Å². The molecule has 0 radical (unpaired) electrons. The van der Waals surface area contributed by atoms with Gasteiger partial charge >= 0.3 is 5.97 Å². The highest BCUT2D eigenvalue weighted by molar-refractivity contribution is 6.26. The third-order valence-electron chi connectivity index (χ3n) is 5.10. The molecular weight excluding hydrogens is 212 g/mol. The second-order valence-corrected chi connectivity index (χ2v) is 5.99. The Labute approximate surface area is 96.3 Å². The van der Waals surface area contributed by atoms with Gasteiger partial charge in [0.15, 0.2) is 0 Å². The highest BCUT2D eigenvalue weighted by Crippen LogP contribution is 2.66. The van der Waals surface area contributed by atoms with Gasteiger partial charge in [-0.05, 0) is 30.6 Å². The van der Waals surface area contributed by atoms with Gasteiger partial charge in [0.1, 0.15) is 12.0 Å². The van der Waals surface area contributed by atoms with Crippen LogP contribution < -0.4 is 0 Å². The van der Waals surface area contributed by atoms with E-state index in [1.807, 2.05) is 0 Å². The first kappa shape index (κ1) is 11.3. The molecule has 2 nitrogen and oxygen atoms in total. The summed E-state index contributed by atoms with van der Waals surface area (Å²) in [6, 6.07) is 0. The predicted molar refractivity (Wildman–Crippen MR) is 59.8 cm³/mol. The maximum Gasteiger partial charge on any atom is 0.321 e. The number of rotatable bonds is 2. The summed E-state index contributed by atoms with van der Waals surface area (Å²) in [5.41, 5.74) is 0.448. The highest BCUT2D eigenvalue weighted by Gasteiger charge is 2.62. The number of fused-ring (bicyclic) bond motifs is 2. The van der Waals surface area contributed by atoms with Crippen molar-refractivity contribution in [1.29, 1.82) is 0 Å². The normalized spacial score (nSPS) is 41.9. The number of carbonyl (C=O) groups excluding carboxylic acids is 1. The molecule has 0 aliphatic heterocycles. The Hall–Kier alpha value is -0.240. The average Bonchev–Trinajstić information content (AvgIpc) is 2.50. The van der Waals surface area contributed by atoms with Crippen molar-refractivity contribution in [2.75, 3.05) is 5.88 Å². The summed E-state index contributed by atoms with van der Waals surface area (Å²) < 4.78 is 5.46. The van der Waals surface area contributed by atoms with E-state index >= 15 is 0 Å². The molecule has 0 aromatic heterocycles. The van der Waals surface area contributed by atoms with Crippen molar-refractivity contribution in [2.45, 2.75) is 46.1 Å². The maximum absolute atomic E-state index is 11.2. The topological polar surface area (TPSA) is 26.3 Å². The van der Waals surface area contributed by atoms with Gasteiger partial charge in [-0.2, -0.15) is 0 Å². The van der Waals surface area contributed by atoms with Crippen molar-refractivity contribution in [3.63, 3.8) is 0 Å². The molecule has 2 saturated carbocycles. The van der Waals surface area contributed by atoms with Gasteiger partial charge in [0.25, 0.3) is 0 Å². The average molecular weight is 231 g/mol. The fourth-order valence-corrected chi connectivity index (χ4v) is 3.56. The maximum atomic E-state index is 11.2. The van der Waals surface area contributed by atoms with Gasteiger partial charge in [-0.1, -0.05) is 20.8 Å². The number of halogens is 1. The zero-order chi connectivity index (χ0) is 11.3. The fraction of sp³-hybridized carbons (Fsp3) is 0.917. The van der Waals surface area contributed by atoms with Crippen molar-refractivity contribution < 1.29 is 9.53 Å². The number of hydrogen-bond acceptors (Lipinski definition) is 2. The number of hydrogen-bond donors (Lipinski definition) is 0. The second kappa shape index (κ2) is 3.38. The van der Waals surface area contributed by atoms with Crippen LogP contribution in [0, 0.1) is 16.7 Å². The molecule has 2 fully saturated rings. The summed E-state index contributed by atoms with van der Waals surface area (Å²) in [6.07, 6.45) is 3.55. The summed E-state index contributed by atoms with van der Waals surface area (Å²) in [5.74, 6) is 0.402. The van der Waals surface area contributed by atoms with Crippen LogP contribution in [0.4, 0.5) is 0 Å². The van der Waals surface area contributed by atoms with Gasteiger partial charge in [0, 0.05) is 5.41 Å². The molecule has 0 spiro atoms. The van der Waals surface area contributed by atoms with Crippen molar-refractivity contribution in [3.05, 3.63) is 0 Å². The molecule has 0 N–H and O–H groups in total. The Morgan fingerprint density at radius 3 is 2.53 bits per heavy atom. The first-order valence-corrected chi connectivity index (χ1v) is 6.20. The lowest BCUT2D eigenvalue weighted by Gasteiger charge is -2.38. The molecule has 0 unspecified atom stereocenters. The molecule has 2 rings (SSSR count). The van der Waals surface area contributed by atoms with E-state index in [1.54, 1.807) is 0 Å². The Balaban J connectivity index is 2.15. The van der Waals surface area contributed by atoms with E-state index in [0.717, 1.165) is 6.42 Å². The molecule has 3 heteroatoms. The van der Waals surface area contributed by atoms with Crippen LogP contribution in [0.5, 0.6) is 0 Å². The molecule has 3 atom stereocenters. The minimum absolute atomic E-state index is 0.0301. The molecule has 2 aliphatic carbocycles. The van der Waals surface area contributed by atoms with Crippen molar-refractivity contribution in [2.24, 2.45) is 16.7 Å². The number of carbonyl (C=O) groups is 1. The van der Waals surface area contributed by atoms with Crippen LogP contribution in [0.3, 0.4) is 0 Å². The van der Waals surface area contributed by atoms with E-state index in [0.29, 0.717) is 11.3 Å². The number of alkyl halides is 1. The Kier molecular flexibility index (Phi) is 2.53. The van der Waals surface area contributed by atoms with E-state index in [9.17, 15) is 4.79 Å². The molecule has 2 aliphatic rings. The standard InChI is InChI=1S/C12H19ClO2/c1-11(2)8-4-5-12(11,3)9(6-8)15-10(14)7-13/h8-9H,4-7H2,1-3H3/t8-,9+,12-/m0/s1. The zero-order valence-corrected chi connectivity index (χ0v) is 10.4. The van der Waals surface area contributed by atoms with Crippen LogP contribution in [0.1, 0.15) is 40.0 Å². The van der Waals surface area contributed by atoms with E-state index < -0.39 is 0 Å². The second-order valence-electron chi connectivity index (χ2n) is 5.72. The van der Waals surface area contributed by atoms with E-state index in [4.69, 9.17) is 16.3 Å². The third-order valence-corrected chi connectivity index (χ3v) is 5.31. The van der Waals surface area contributed by atoms with E-state index in [2.05, 4.69) is 20.8 Å². The molecule has 2 bridgehead atoms. The molecule has 0 aromatic rings. The Bertz CT molecular complexity index is 287. The lowest BCUT2D eigenvalue weighted by molar-refractivity contribution is -0.153. The first-order valence-electron chi connectivity index (χ1n) is 5.67. The monoisotopic (exact) mass is 230 g/mol. The Morgan fingerprint density at radius 2 is 2.13 bits per heavy atom. The van der Waals surface area contributed by atoms with Gasteiger partial charge in [0.2, 0.25) is 0 Å². The summed E-state index contributed by atoms with van der Waals surface area (Å²) >= 11 is 5.47. The Morgan fingerprint density at radius 1 is 1.47 bits per heavy atom. The van der Waals surface area contributed by atoms with Crippen LogP contribution in [-0.2, 0) is 9.53 Å². The highest BCUT2D eigenvalue weighted by atomic mass is 35.5. The van der Waals surface area contributed by atoms with Crippen LogP contribution in [0.2, 0.25) is 0 Å². The minimum Gasteiger partial charge on any atom is -0.461 e. The van der Waals surface area contributed by atoms with Gasteiger partial charge in [0.05, 0.1) is 0 Å². The van der Waals surface area contributed by atoms with Crippen LogP contribution in [0.15, 0.2) is 0 Å². The SMILES string of the molecule is CC1(C)[C@H]2CC[C@@]1(C)[C@H](OC(=O)CCl)C2. The molecule has 0 heterocycles. The quantitative estimate of drug-likeness (QED) is 0.539. The van der Waals surface area contributed by atoms with Crippen molar-refractivity contribution >= 4 is 17.6 Å². The minimum atomic E-state index is -0.272. The van der Waals surface area contributed by atoms with Gasteiger partial charge < -0.3 is 4.74 Å². The molecular formula is C12H19ClO2. The number of ether oxygens (including phenoxy) is 1. The predicted octanol–water partition coefficient (Wildman–Crippen LogP) is 2.98. The summed E-state index contributed by atoms with van der Waals surface area (Å²) in [5, 5.41) is 0. The lowest BCUT2D eigenvalue weighted by atomic mass is 9.70. The van der Waals surface area contributed by atoms with Crippen LogP contribution >= 0.6 is 11.6 Å². The molecule has 86 valence electrons. The molecule has 0 aromatic carbocycles. The molecule has 0 saturated heterocycles. The van der Waals surface area contributed by atoms with Gasteiger partial charge in [-0.3, -0.25) is 4.79 Å². The smallest absolute Gasteiger partial charge is 0.321 e. The van der Waals surface area contributed by atoms with E-state index in [-0.39, 0.29) is 23.4 Å². The fourth-order valence-electron chi connectivity index (χ4n) is 3.50. The molecule has 0 amide bonds. The number of esters is 1. The van der Waals surface area contributed by atoms with Crippen molar-refractivity contribution in [1.82, 2.24) is 0 Å². The van der Waals surface area contributed by atoms with Crippen LogP contribution in [-0.4, -0.2) is 18.0 Å². The molecule has 15 heavy (non-hydrogen) atoms.